The smallest absolute Gasteiger partial charge is 0.333 e. The Labute approximate surface area is 345 Å². The van der Waals surface area contributed by atoms with Crippen molar-refractivity contribution >= 4 is 46.2 Å². The lowest BCUT2D eigenvalue weighted by Crippen LogP contribution is -2.62. The van der Waals surface area contributed by atoms with Crippen LogP contribution in [0.1, 0.15) is 87.8 Å². The number of rotatable bonds is 3. The van der Waals surface area contributed by atoms with Crippen molar-refractivity contribution in [3.63, 3.8) is 0 Å². The molecule has 2 nitrogen and oxygen atoms in total. The van der Waals surface area contributed by atoms with Crippen molar-refractivity contribution in [1.82, 2.24) is 0 Å². The Kier molecular flexibility index (Phi) is 7.39. The summed E-state index contributed by atoms with van der Waals surface area (Å²) in [6.45, 7) is 19.2. The van der Waals surface area contributed by atoms with Crippen molar-refractivity contribution in [2.75, 3.05) is 9.71 Å². The second-order valence-corrected chi connectivity index (χ2v) is 19.3. The first-order valence-electron chi connectivity index (χ1n) is 21.3. The van der Waals surface area contributed by atoms with Gasteiger partial charge in [0.15, 0.2) is 0 Å². The molecule has 4 aliphatic rings. The fraction of sp³-hybridized carbons (Fsp3) is 0.236. The van der Waals surface area contributed by atoms with Gasteiger partial charge in [-0.05, 0) is 152 Å². The van der Waals surface area contributed by atoms with Crippen LogP contribution in [0.4, 0.5) is 28.4 Å². The maximum atomic E-state index is 2.72. The van der Waals surface area contributed by atoms with Crippen molar-refractivity contribution in [3.05, 3.63) is 173 Å². The van der Waals surface area contributed by atoms with Crippen LogP contribution in [0.15, 0.2) is 140 Å². The fourth-order valence-electron chi connectivity index (χ4n) is 11.3. The molecule has 7 aromatic rings. The summed E-state index contributed by atoms with van der Waals surface area (Å²) < 4.78 is 0. The number of anilines is 5. The molecule has 11 rings (SSSR count). The van der Waals surface area contributed by atoms with Crippen molar-refractivity contribution < 1.29 is 0 Å². The summed E-state index contributed by atoms with van der Waals surface area (Å²) in [7, 11) is 0. The molecule has 3 aliphatic heterocycles. The lowest BCUT2D eigenvalue weighted by molar-refractivity contribution is 0.332. The number of hydrogen-bond donors (Lipinski definition) is 0. The third-order valence-corrected chi connectivity index (χ3v) is 14.5. The molecule has 58 heavy (non-hydrogen) atoms. The monoisotopic (exact) mass is 750 g/mol. The van der Waals surface area contributed by atoms with E-state index < -0.39 is 0 Å². The Hall–Kier alpha value is -5.80. The van der Waals surface area contributed by atoms with Gasteiger partial charge in [-0.15, -0.1) is 0 Å². The Morgan fingerprint density at radius 2 is 1.10 bits per heavy atom. The van der Waals surface area contributed by atoms with E-state index in [2.05, 4.69) is 205 Å². The molecule has 7 aromatic carbocycles. The minimum atomic E-state index is -0.174. The summed E-state index contributed by atoms with van der Waals surface area (Å²) in [6, 6.07) is 53.5. The summed E-state index contributed by atoms with van der Waals surface area (Å²) in [6.07, 6.45) is 2.35. The minimum Gasteiger partial charge on any atom is -0.376 e. The SMILES string of the molecule is Cc1cccc(C)c1-c1cc2c3c(c1)N1c4ccccc4C(C)(C)c4cccc(c41)B3N(c1ccc(-c3ccccc3)cc1)c1cc3c(cc1-2)C(C)(C)CCC3(C)C. The Balaban J connectivity index is 1.28. The molecular formula is C55H51BN2. The van der Waals surface area contributed by atoms with E-state index in [4.69, 9.17) is 0 Å². The van der Waals surface area contributed by atoms with E-state index in [1.54, 1.807) is 0 Å². The quantitative estimate of drug-likeness (QED) is 0.166. The van der Waals surface area contributed by atoms with Crippen LogP contribution in [0.3, 0.4) is 0 Å². The Morgan fingerprint density at radius 1 is 0.483 bits per heavy atom. The lowest BCUT2D eigenvalue weighted by Gasteiger charge is -2.51. The first-order valence-corrected chi connectivity index (χ1v) is 21.3. The molecule has 0 N–H and O–H groups in total. The molecule has 0 saturated carbocycles. The Morgan fingerprint density at radius 3 is 1.83 bits per heavy atom. The number of hydrogen-bond acceptors (Lipinski definition) is 2. The third-order valence-electron chi connectivity index (χ3n) is 14.5. The van der Waals surface area contributed by atoms with Crippen LogP contribution in [0.2, 0.25) is 0 Å². The summed E-state index contributed by atoms with van der Waals surface area (Å²) >= 11 is 0. The van der Waals surface area contributed by atoms with Crippen molar-refractivity contribution in [2.24, 2.45) is 0 Å². The molecule has 0 bridgehead atoms. The van der Waals surface area contributed by atoms with E-state index in [1.165, 1.54) is 119 Å². The fourth-order valence-corrected chi connectivity index (χ4v) is 11.3. The van der Waals surface area contributed by atoms with E-state index >= 15 is 0 Å². The second-order valence-electron chi connectivity index (χ2n) is 19.3. The number of para-hydroxylation sites is 2. The van der Waals surface area contributed by atoms with Gasteiger partial charge in [-0.2, -0.15) is 0 Å². The van der Waals surface area contributed by atoms with E-state index in [1.807, 2.05) is 0 Å². The number of aryl methyl sites for hydroxylation is 2. The molecule has 0 spiro atoms. The van der Waals surface area contributed by atoms with Gasteiger partial charge in [0.1, 0.15) is 0 Å². The van der Waals surface area contributed by atoms with Gasteiger partial charge in [0.2, 0.25) is 0 Å². The second kappa shape index (κ2) is 12.1. The Bertz CT molecular complexity index is 2820. The first-order chi connectivity index (χ1) is 27.8. The maximum absolute atomic E-state index is 2.72. The van der Waals surface area contributed by atoms with Gasteiger partial charge in [0.05, 0.1) is 5.69 Å². The highest BCUT2D eigenvalue weighted by molar-refractivity contribution is 6.93. The largest absolute Gasteiger partial charge is 0.376 e. The molecule has 0 atom stereocenters. The highest BCUT2D eigenvalue weighted by Gasteiger charge is 2.50. The van der Waals surface area contributed by atoms with E-state index in [-0.39, 0.29) is 23.1 Å². The average molecular weight is 751 g/mol. The molecule has 0 fully saturated rings. The molecule has 1 aliphatic carbocycles. The molecule has 0 unspecified atom stereocenters. The van der Waals surface area contributed by atoms with Crippen LogP contribution in [0, 0.1) is 13.8 Å². The third kappa shape index (κ3) is 4.86. The maximum Gasteiger partial charge on any atom is 0.333 e. The van der Waals surface area contributed by atoms with Crippen LogP contribution in [-0.4, -0.2) is 6.85 Å². The normalized spacial score (nSPS) is 17.1. The topological polar surface area (TPSA) is 6.48 Å². The average Bonchev–Trinajstić information content (AvgIpc) is 3.22. The van der Waals surface area contributed by atoms with E-state index in [0.29, 0.717) is 0 Å². The summed E-state index contributed by atoms with van der Waals surface area (Å²) in [5.74, 6) is 0. The van der Waals surface area contributed by atoms with Gasteiger partial charge in [0, 0.05) is 33.7 Å². The van der Waals surface area contributed by atoms with Crippen LogP contribution in [0.25, 0.3) is 33.4 Å². The van der Waals surface area contributed by atoms with Gasteiger partial charge in [-0.3, -0.25) is 0 Å². The van der Waals surface area contributed by atoms with Gasteiger partial charge in [-0.25, -0.2) is 0 Å². The number of nitrogens with zero attached hydrogens (tertiary/aromatic N) is 2. The zero-order chi connectivity index (χ0) is 39.9. The first kappa shape index (κ1) is 35.4. The zero-order valence-electron chi connectivity index (χ0n) is 35.2. The summed E-state index contributed by atoms with van der Waals surface area (Å²) in [4.78, 5) is 5.36. The van der Waals surface area contributed by atoms with Gasteiger partial charge in [-0.1, -0.05) is 139 Å². The van der Waals surface area contributed by atoms with Crippen molar-refractivity contribution in [1.29, 1.82) is 0 Å². The molecule has 0 amide bonds. The highest BCUT2D eigenvalue weighted by Crippen LogP contribution is 2.57. The number of fused-ring (bicyclic) bond motifs is 7. The van der Waals surface area contributed by atoms with Crippen LogP contribution in [-0.2, 0) is 16.2 Å². The van der Waals surface area contributed by atoms with E-state index in [0.717, 1.165) is 0 Å². The molecule has 0 radical (unpaired) electrons. The number of benzene rings is 7. The standard InChI is InChI=1S/C55H51BN2/c1-34-16-14-17-35(2)50(34)38-30-41-40-32-44-45(54(5,6)29-28-53(44,3)4)33-48(40)58(39-26-24-37(25-27-39)36-18-10-9-11-19-36)56-46-22-15-21-43-52(46)57(49(31-38)51(41)56)47-23-13-12-20-42(47)55(43,7)8/h9-27,30-33H,28-29H2,1-8H3. The molecule has 3 heterocycles. The van der Waals surface area contributed by atoms with Gasteiger partial charge >= 0.3 is 6.85 Å². The molecule has 0 saturated heterocycles. The summed E-state index contributed by atoms with van der Waals surface area (Å²) in [5, 5.41) is 0. The molecule has 3 heteroatoms. The van der Waals surface area contributed by atoms with Gasteiger partial charge in [0.25, 0.3) is 0 Å². The van der Waals surface area contributed by atoms with Crippen LogP contribution < -0.4 is 20.6 Å². The lowest BCUT2D eigenvalue weighted by atomic mass is 9.42. The predicted molar refractivity (Wildman–Crippen MR) is 248 cm³/mol. The zero-order valence-corrected chi connectivity index (χ0v) is 35.2. The van der Waals surface area contributed by atoms with E-state index in [9.17, 15) is 0 Å². The summed E-state index contributed by atoms with van der Waals surface area (Å²) in [5.41, 5.74) is 25.3. The molecule has 284 valence electrons. The van der Waals surface area contributed by atoms with Crippen LogP contribution >= 0.6 is 0 Å². The molecule has 0 aromatic heterocycles. The molecular weight excluding hydrogens is 699 g/mol. The predicted octanol–water partition coefficient (Wildman–Crippen LogP) is 13.3. The van der Waals surface area contributed by atoms with Crippen LogP contribution in [0.5, 0.6) is 0 Å². The minimum absolute atomic E-state index is 0.0304. The van der Waals surface area contributed by atoms with Gasteiger partial charge < -0.3 is 9.71 Å². The van der Waals surface area contributed by atoms with Crippen molar-refractivity contribution in [2.45, 2.75) is 84.5 Å². The highest BCUT2D eigenvalue weighted by atomic mass is 15.2. The van der Waals surface area contributed by atoms with Crippen molar-refractivity contribution in [3.8, 4) is 33.4 Å².